The molecule has 5 nitrogen and oxygen atoms in total. The first-order valence-corrected chi connectivity index (χ1v) is 8.84. The van der Waals surface area contributed by atoms with Gasteiger partial charge in [0.15, 0.2) is 5.82 Å². The third kappa shape index (κ3) is 2.96. The van der Waals surface area contributed by atoms with Gasteiger partial charge in [-0.3, -0.25) is 9.56 Å². The van der Waals surface area contributed by atoms with Crippen LogP contribution in [0.25, 0.3) is 5.69 Å². The lowest BCUT2D eigenvalue weighted by Crippen LogP contribution is -2.11. The topological polar surface area (TPSA) is 56.0 Å². The van der Waals surface area contributed by atoms with Crippen LogP contribution in [0.3, 0.4) is 0 Å². The van der Waals surface area contributed by atoms with Gasteiger partial charge in [0.2, 0.25) is 0 Å². The van der Waals surface area contributed by atoms with Gasteiger partial charge in [0.05, 0.1) is 16.4 Å². The number of aliphatic imine (C=N–C) groups is 1. The molecule has 0 spiro atoms. The van der Waals surface area contributed by atoms with Crippen molar-refractivity contribution in [3.8, 4) is 5.69 Å². The Kier molecular flexibility index (Phi) is 4.32. The van der Waals surface area contributed by atoms with E-state index >= 15 is 0 Å². The smallest absolute Gasteiger partial charge is 0.159 e. The van der Waals surface area contributed by atoms with Crippen molar-refractivity contribution in [2.45, 2.75) is 32.7 Å². The van der Waals surface area contributed by atoms with E-state index in [0.717, 1.165) is 53.4 Å². The van der Waals surface area contributed by atoms with Crippen LogP contribution in [0.4, 0.5) is 0 Å². The molecule has 0 bridgehead atoms. The molecule has 3 aromatic rings. The first-order valence-electron chi connectivity index (χ1n) is 8.47. The summed E-state index contributed by atoms with van der Waals surface area (Å²) in [5.74, 6) is 0.798. The number of hydrogen-bond donors (Lipinski definition) is 0. The zero-order valence-electron chi connectivity index (χ0n) is 14.0. The number of rotatable bonds is 4. The third-order valence-electron chi connectivity index (χ3n) is 4.33. The lowest BCUT2D eigenvalue weighted by atomic mass is 10.0. The molecule has 0 aliphatic carbocycles. The van der Waals surface area contributed by atoms with Crippen molar-refractivity contribution in [1.82, 2.24) is 19.7 Å². The fourth-order valence-electron chi connectivity index (χ4n) is 3.02. The number of aryl methyl sites for hydroxylation is 1. The van der Waals surface area contributed by atoms with Crippen LogP contribution >= 0.6 is 11.6 Å². The van der Waals surface area contributed by atoms with Gasteiger partial charge in [-0.1, -0.05) is 43.1 Å². The van der Waals surface area contributed by atoms with Gasteiger partial charge in [-0.15, -0.1) is 10.2 Å². The molecule has 3 heterocycles. The summed E-state index contributed by atoms with van der Waals surface area (Å²) in [6.07, 6.45) is 4.92. The number of nitrogens with zero attached hydrogens (tertiary/aromatic N) is 5. The molecule has 0 unspecified atom stereocenters. The van der Waals surface area contributed by atoms with Crippen LogP contribution in [0, 0.1) is 0 Å². The van der Waals surface area contributed by atoms with E-state index in [2.05, 4.69) is 29.3 Å². The summed E-state index contributed by atoms with van der Waals surface area (Å²) in [5.41, 5.74) is 4.54. The third-order valence-corrected chi connectivity index (χ3v) is 4.66. The Morgan fingerprint density at radius 2 is 2.04 bits per heavy atom. The fourth-order valence-corrected chi connectivity index (χ4v) is 3.24. The Morgan fingerprint density at radius 3 is 2.88 bits per heavy atom. The number of halogens is 1. The zero-order chi connectivity index (χ0) is 17.2. The molecular weight excluding hydrogens is 334 g/mol. The van der Waals surface area contributed by atoms with Crippen molar-refractivity contribution >= 4 is 17.3 Å². The largest absolute Gasteiger partial charge is 0.282 e. The molecule has 0 saturated heterocycles. The monoisotopic (exact) mass is 351 g/mol. The Bertz CT molecular complexity index is 944. The van der Waals surface area contributed by atoms with E-state index in [1.807, 2.05) is 28.8 Å². The molecule has 1 aliphatic rings. The van der Waals surface area contributed by atoms with Crippen LogP contribution in [0.15, 0.2) is 47.7 Å². The van der Waals surface area contributed by atoms with Crippen molar-refractivity contribution in [2.75, 3.05) is 0 Å². The lowest BCUT2D eigenvalue weighted by Gasteiger charge is -2.13. The van der Waals surface area contributed by atoms with Gasteiger partial charge in [-0.2, -0.15) is 0 Å². The van der Waals surface area contributed by atoms with E-state index in [4.69, 9.17) is 21.6 Å². The SMILES string of the molecule is CCCCc1ccc2c(n1)C(c1ccccc1Cl)=NCc1nncn1-2. The maximum atomic E-state index is 6.44. The normalized spacial score (nSPS) is 13.0. The van der Waals surface area contributed by atoms with Gasteiger partial charge in [0.1, 0.15) is 18.6 Å². The van der Waals surface area contributed by atoms with Crippen LogP contribution in [0.5, 0.6) is 0 Å². The maximum Gasteiger partial charge on any atom is 0.159 e. The summed E-state index contributed by atoms with van der Waals surface area (Å²) >= 11 is 6.44. The highest BCUT2D eigenvalue weighted by Gasteiger charge is 2.22. The molecule has 126 valence electrons. The highest BCUT2D eigenvalue weighted by atomic mass is 35.5. The van der Waals surface area contributed by atoms with Crippen LogP contribution in [0.2, 0.25) is 5.02 Å². The molecule has 0 radical (unpaired) electrons. The van der Waals surface area contributed by atoms with E-state index < -0.39 is 0 Å². The molecule has 0 amide bonds. The minimum atomic E-state index is 0.446. The summed E-state index contributed by atoms with van der Waals surface area (Å²) in [4.78, 5) is 9.70. The molecule has 4 rings (SSSR count). The van der Waals surface area contributed by atoms with Crippen LogP contribution in [-0.4, -0.2) is 25.5 Å². The first kappa shape index (κ1) is 16.0. The second-order valence-corrected chi connectivity index (χ2v) is 6.44. The predicted octanol–water partition coefficient (Wildman–Crippen LogP) is 4.01. The van der Waals surface area contributed by atoms with E-state index in [9.17, 15) is 0 Å². The molecule has 6 heteroatoms. The van der Waals surface area contributed by atoms with E-state index in [1.54, 1.807) is 6.33 Å². The first-order chi connectivity index (χ1) is 12.3. The molecule has 0 fully saturated rings. The predicted molar refractivity (Wildman–Crippen MR) is 98.6 cm³/mol. The summed E-state index contributed by atoms with van der Waals surface area (Å²) in [6, 6.07) is 11.9. The van der Waals surface area contributed by atoms with Gasteiger partial charge in [0, 0.05) is 11.3 Å². The van der Waals surface area contributed by atoms with Crippen molar-refractivity contribution in [1.29, 1.82) is 0 Å². The lowest BCUT2D eigenvalue weighted by molar-refractivity contribution is 0.774. The fraction of sp³-hybridized carbons (Fsp3) is 0.263. The number of benzene rings is 1. The van der Waals surface area contributed by atoms with Crippen LogP contribution < -0.4 is 0 Å². The molecule has 1 aromatic carbocycles. The van der Waals surface area contributed by atoms with Gasteiger partial charge in [-0.05, 0) is 31.0 Å². The standard InChI is InChI=1S/C19H18ClN5/c1-2-3-6-13-9-10-16-19(23-13)18(14-7-4-5-8-15(14)20)21-11-17-24-22-12-25(16)17/h4-5,7-10,12H,2-3,6,11H2,1H3. The van der Waals surface area contributed by atoms with Crippen molar-refractivity contribution in [3.05, 3.63) is 70.5 Å². The van der Waals surface area contributed by atoms with Crippen molar-refractivity contribution < 1.29 is 0 Å². The van der Waals surface area contributed by atoms with Crippen molar-refractivity contribution in [2.24, 2.45) is 4.99 Å². The summed E-state index contributed by atoms with van der Waals surface area (Å²) in [6.45, 7) is 2.63. The van der Waals surface area contributed by atoms with Gasteiger partial charge in [-0.25, -0.2) is 4.98 Å². The number of hydrogen-bond acceptors (Lipinski definition) is 4. The quantitative estimate of drug-likeness (QED) is 0.713. The maximum absolute atomic E-state index is 6.44. The number of unbranched alkanes of at least 4 members (excludes halogenated alkanes) is 1. The Hall–Kier alpha value is -2.53. The highest BCUT2D eigenvalue weighted by Crippen LogP contribution is 2.26. The van der Waals surface area contributed by atoms with E-state index in [0.29, 0.717) is 11.6 Å². The van der Waals surface area contributed by atoms with Gasteiger partial charge in [0.25, 0.3) is 0 Å². The zero-order valence-corrected chi connectivity index (χ0v) is 14.7. The average molecular weight is 352 g/mol. The average Bonchev–Trinajstić information content (AvgIpc) is 3.04. The Balaban J connectivity index is 1.90. The minimum absolute atomic E-state index is 0.446. The molecule has 25 heavy (non-hydrogen) atoms. The molecule has 0 N–H and O–H groups in total. The summed E-state index contributed by atoms with van der Waals surface area (Å²) in [5, 5.41) is 8.88. The number of aromatic nitrogens is 4. The van der Waals surface area contributed by atoms with Gasteiger partial charge >= 0.3 is 0 Å². The number of fused-ring (bicyclic) bond motifs is 3. The van der Waals surface area contributed by atoms with Crippen LogP contribution in [0.1, 0.15) is 42.5 Å². The Labute approximate surface area is 151 Å². The number of pyridine rings is 1. The second-order valence-electron chi connectivity index (χ2n) is 6.04. The second kappa shape index (κ2) is 6.76. The molecular formula is C19H18ClN5. The van der Waals surface area contributed by atoms with Crippen LogP contribution in [-0.2, 0) is 13.0 Å². The highest BCUT2D eigenvalue weighted by molar-refractivity contribution is 6.35. The van der Waals surface area contributed by atoms with Gasteiger partial charge < -0.3 is 0 Å². The molecule has 2 aromatic heterocycles. The van der Waals surface area contributed by atoms with E-state index in [-0.39, 0.29) is 0 Å². The Morgan fingerprint density at radius 1 is 1.16 bits per heavy atom. The molecule has 1 aliphatic heterocycles. The van der Waals surface area contributed by atoms with E-state index in [1.165, 1.54) is 0 Å². The van der Waals surface area contributed by atoms with Crippen molar-refractivity contribution in [3.63, 3.8) is 0 Å². The molecule has 0 saturated carbocycles. The summed E-state index contributed by atoms with van der Waals surface area (Å²) < 4.78 is 1.96. The summed E-state index contributed by atoms with van der Waals surface area (Å²) in [7, 11) is 0. The molecule has 0 atom stereocenters. The minimum Gasteiger partial charge on any atom is -0.282 e.